The number of hydrogen-bond donors (Lipinski definition) is 1. The van der Waals surface area contributed by atoms with Gasteiger partial charge in [0.15, 0.2) is 0 Å². The summed E-state index contributed by atoms with van der Waals surface area (Å²) < 4.78 is 0. The normalized spacial score (nSPS) is 46.1. The average Bonchev–Trinajstić information content (AvgIpc) is 2.67. The topological polar surface area (TPSA) is 15.3 Å². The Labute approximate surface area is 106 Å². The fraction of sp³-hybridized carbons (Fsp3) is 1.00. The van der Waals surface area contributed by atoms with Crippen LogP contribution in [0.25, 0.3) is 0 Å². The molecule has 1 saturated carbocycles. The van der Waals surface area contributed by atoms with Crippen LogP contribution in [0, 0.1) is 11.3 Å². The van der Waals surface area contributed by atoms with Gasteiger partial charge in [0.2, 0.25) is 0 Å². The molecule has 3 aliphatic rings. The van der Waals surface area contributed by atoms with Gasteiger partial charge in [-0.25, -0.2) is 0 Å². The van der Waals surface area contributed by atoms with Gasteiger partial charge in [-0.1, -0.05) is 20.8 Å². The molecule has 0 amide bonds. The molecule has 2 nitrogen and oxygen atoms in total. The zero-order valence-electron chi connectivity index (χ0n) is 11.7. The number of nitrogens with one attached hydrogen (secondary N) is 1. The Morgan fingerprint density at radius 2 is 1.82 bits per heavy atom. The van der Waals surface area contributed by atoms with Crippen LogP contribution in [0.4, 0.5) is 0 Å². The molecule has 4 atom stereocenters. The van der Waals surface area contributed by atoms with Crippen LogP contribution < -0.4 is 5.32 Å². The highest BCUT2D eigenvalue weighted by molar-refractivity contribution is 4.97. The van der Waals surface area contributed by atoms with E-state index in [0.717, 1.165) is 24.0 Å². The average molecular weight is 236 g/mol. The van der Waals surface area contributed by atoms with E-state index < -0.39 is 0 Å². The van der Waals surface area contributed by atoms with Crippen molar-refractivity contribution in [1.29, 1.82) is 0 Å². The van der Waals surface area contributed by atoms with Gasteiger partial charge in [-0.05, 0) is 50.0 Å². The van der Waals surface area contributed by atoms with Crippen molar-refractivity contribution < 1.29 is 0 Å². The zero-order valence-corrected chi connectivity index (χ0v) is 11.7. The van der Waals surface area contributed by atoms with Crippen molar-refractivity contribution in [1.82, 2.24) is 10.2 Å². The summed E-state index contributed by atoms with van der Waals surface area (Å²) in [5, 5.41) is 3.80. The lowest BCUT2D eigenvalue weighted by Gasteiger charge is -2.33. The summed E-state index contributed by atoms with van der Waals surface area (Å²) in [7, 11) is 0. The van der Waals surface area contributed by atoms with Crippen molar-refractivity contribution in [3.8, 4) is 0 Å². The molecule has 3 fully saturated rings. The fourth-order valence-electron chi connectivity index (χ4n) is 4.62. The van der Waals surface area contributed by atoms with E-state index in [1.165, 1.54) is 45.2 Å². The predicted molar refractivity (Wildman–Crippen MR) is 72.1 cm³/mol. The Kier molecular flexibility index (Phi) is 2.99. The molecule has 2 heteroatoms. The van der Waals surface area contributed by atoms with Gasteiger partial charge in [0.05, 0.1) is 0 Å². The SMILES string of the molecule is CC1CC(C)(C)CC1N1CCC2CCC(C1)N2. The number of likely N-dealkylation sites (tertiary alicyclic amines) is 1. The lowest BCUT2D eigenvalue weighted by Crippen LogP contribution is -2.43. The van der Waals surface area contributed by atoms with Crippen LogP contribution in [0.3, 0.4) is 0 Å². The lowest BCUT2D eigenvalue weighted by molar-refractivity contribution is 0.154. The van der Waals surface area contributed by atoms with E-state index in [2.05, 4.69) is 31.0 Å². The second kappa shape index (κ2) is 4.24. The maximum atomic E-state index is 3.80. The van der Waals surface area contributed by atoms with Crippen molar-refractivity contribution in [2.45, 2.75) is 71.0 Å². The third-order valence-corrected chi connectivity index (χ3v) is 5.32. The molecular weight excluding hydrogens is 208 g/mol. The van der Waals surface area contributed by atoms with Gasteiger partial charge in [0.1, 0.15) is 0 Å². The summed E-state index contributed by atoms with van der Waals surface area (Å²) in [6.07, 6.45) is 7.03. The standard InChI is InChI=1S/C15H28N2/c1-11-8-15(2,3)9-14(11)17-7-6-12-4-5-13(10-17)16-12/h11-14,16H,4-10H2,1-3H3. The Bertz CT molecular complexity index is 287. The molecule has 0 radical (unpaired) electrons. The summed E-state index contributed by atoms with van der Waals surface area (Å²) in [5.74, 6) is 0.890. The molecule has 2 bridgehead atoms. The van der Waals surface area contributed by atoms with Gasteiger partial charge in [-0.2, -0.15) is 0 Å². The van der Waals surface area contributed by atoms with Crippen molar-refractivity contribution >= 4 is 0 Å². The van der Waals surface area contributed by atoms with E-state index >= 15 is 0 Å². The van der Waals surface area contributed by atoms with Crippen LogP contribution in [0.15, 0.2) is 0 Å². The zero-order chi connectivity index (χ0) is 12.0. The summed E-state index contributed by atoms with van der Waals surface area (Å²) in [5.41, 5.74) is 0.572. The van der Waals surface area contributed by atoms with Gasteiger partial charge < -0.3 is 5.32 Å². The van der Waals surface area contributed by atoms with Gasteiger partial charge in [-0.3, -0.25) is 4.90 Å². The second-order valence-corrected chi connectivity index (χ2v) is 7.54. The van der Waals surface area contributed by atoms with Crippen molar-refractivity contribution in [3.05, 3.63) is 0 Å². The molecular formula is C15H28N2. The molecule has 0 aromatic heterocycles. The second-order valence-electron chi connectivity index (χ2n) is 7.54. The monoisotopic (exact) mass is 236 g/mol. The molecule has 0 aromatic carbocycles. The number of fused-ring (bicyclic) bond motifs is 2. The number of nitrogens with zero attached hydrogens (tertiary/aromatic N) is 1. The summed E-state index contributed by atoms with van der Waals surface area (Å²) in [6.45, 7) is 10.0. The molecule has 1 N–H and O–H groups in total. The number of rotatable bonds is 1. The molecule has 17 heavy (non-hydrogen) atoms. The summed E-state index contributed by atoms with van der Waals surface area (Å²) >= 11 is 0. The molecule has 0 spiro atoms. The van der Waals surface area contributed by atoms with Crippen LogP contribution in [0.1, 0.15) is 52.9 Å². The van der Waals surface area contributed by atoms with Crippen LogP contribution in [-0.4, -0.2) is 36.1 Å². The van der Waals surface area contributed by atoms with Gasteiger partial charge in [0, 0.05) is 24.7 Å². The van der Waals surface area contributed by atoms with E-state index in [1.807, 2.05) is 0 Å². The first-order valence-electron chi connectivity index (χ1n) is 7.54. The Morgan fingerprint density at radius 3 is 2.53 bits per heavy atom. The van der Waals surface area contributed by atoms with Crippen molar-refractivity contribution in [2.24, 2.45) is 11.3 Å². The largest absolute Gasteiger partial charge is 0.310 e. The van der Waals surface area contributed by atoms with E-state index in [0.29, 0.717) is 5.41 Å². The quantitative estimate of drug-likeness (QED) is 0.753. The van der Waals surface area contributed by atoms with Crippen LogP contribution >= 0.6 is 0 Å². The molecule has 3 rings (SSSR count). The first kappa shape index (κ1) is 12.0. The highest BCUT2D eigenvalue weighted by Gasteiger charge is 2.41. The minimum Gasteiger partial charge on any atom is -0.310 e. The maximum absolute atomic E-state index is 3.80. The Hall–Kier alpha value is -0.0800. The Morgan fingerprint density at radius 1 is 1.06 bits per heavy atom. The van der Waals surface area contributed by atoms with Crippen molar-refractivity contribution in [3.63, 3.8) is 0 Å². The summed E-state index contributed by atoms with van der Waals surface area (Å²) in [6, 6.07) is 2.47. The van der Waals surface area contributed by atoms with Crippen LogP contribution in [0.5, 0.6) is 0 Å². The van der Waals surface area contributed by atoms with Crippen molar-refractivity contribution in [2.75, 3.05) is 13.1 Å². The molecule has 0 aromatic rings. The highest BCUT2D eigenvalue weighted by atomic mass is 15.2. The third kappa shape index (κ3) is 2.39. The Balaban J connectivity index is 1.68. The molecule has 1 aliphatic carbocycles. The van der Waals surface area contributed by atoms with E-state index in [-0.39, 0.29) is 0 Å². The minimum atomic E-state index is 0.572. The first-order valence-corrected chi connectivity index (χ1v) is 7.54. The highest BCUT2D eigenvalue weighted by Crippen LogP contribution is 2.43. The lowest BCUT2D eigenvalue weighted by atomic mass is 9.91. The van der Waals surface area contributed by atoms with Crippen LogP contribution in [0.2, 0.25) is 0 Å². The molecule has 2 aliphatic heterocycles. The molecule has 98 valence electrons. The predicted octanol–water partition coefficient (Wildman–Crippen LogP) is 2.64. The van der Waals surface area contributed by atoms with E-state index in [9.17, 15) is 0 Å². The fourth-order valence-corrected chi connectivity index (χ4v) is 4.62. The smallest absolute Gasteiger partial charge is 0.0198 e. The summed E-state index contributed by atoms with van der Waals surface area (Å²) in [4.78, 5) is 2.82. The first-order chi connectivity index (χ1) is 8.03. The maximum Gasteiger partial charge on any atom is 0.0198 e. The van der Waals surface area contributed by atoms with Gasteiger partial charge in [-0.15, -0.1) is 0 Å². The molecule has 2 saturated heterocycles. The van der Waals surface area contributed by atoms with E-state index in [1.54, 1.807) is 0 Å². The van der Waals surface area contributed by atoms with Crippen LogP contribution in [-0.2, 0) is 0 Å². The van der Waals surface area contributed by atoms with Gasteiger partial charge in [0.25, 0.3) is 0 Å². The minimum absolute atomic E-state index is 0.572. The number of hydrogen-bond acceptors (Lipinski definition) is 2. The molecule has 4 unspecified atom stereocenters. The van der Waals surface area contributed by atoms with E-state index in [4.69, 9.17) is 0 Å². The third-order valence-electron chi connectivity index (χ3n) is 5.32. The van der Waals surface area contributed by atoms with Gasteiger partial charge >= 0.3 is 0 Å². The molecule has 2 heterocycles.